The largest absolute Gasteiger partial charge is 0.367 e. The Kier molecular flexibility index (Phi) is 5.63. The van der Waals surface area contributed by atoms with Gasteiger partial charge in [0.1, 0.15) is 0 Å². The number of rotatable bonds is 5. The molecule has 0 aromatic carbocycles. The van der Waals surface area contributed by atoms with Gasteiger partial charge in [0.15, 0.2) is 6.29 Å². The summed E-state index contributed by atoms with van der Waals surface area (Å²) in [6.45, 7) is 13.9. The quantitative estimate of drug-likeness (QED) is 0.614. The number of aliphatic hydroxyl groups excluding tert-OH is 1. The van der Waals surface area contributed by atoms with E-state index in [1.807, 2.05) is 0 Å². The molecule has 3 fully saturated rings. The molecule has 2 nitrogen and oxygen atoms in total. The first-order chi connectivity index (χ1) is 11.7. The molecule has 0 aliphatic heterocycles. The van der Waals surface area contributed by atoms with Gasteiger partial charge in [-0.25, -0.2) is 0 Å². The van der Waals surface area contributed by atoms with Crippen molar-refractivity contribution < 1.29 is 9.84 Å². The number of aliphatic hydroxyl groups is 1. The Labute approximate surface area is 156 Å². The van der Waals surface area contributed by atoms with E-state index in [0.717, 1.165) is 42.9 Å². The lowest BCUT2D eigenvalue weighted by atomic mass is 9.67. The van der Waals surface area contributed by atoms with Gasteiger partial charge < -0.3 is 9.84 Å². The Morgan fingerprint density at radius 3 is 1.84 bits per heavy atom. The molecule has 4 unspecified atom stereocenters. The van der Waals surface area contributed by atoms with Crippen molar-refractivity contribution in [1.29, 1.82) is 0 Å². The van der Waals surface area contributed by atoms with Crippen molar-refractivity contribution in [3.63, 3.8) is 0 Å². The molecular formula is C23H42O2. The lowest BCUT2D eigenvalue weighted by Crippen LogP contribution is -2.38. The van der Waals surface area contributed by atoms with Crippen molar-refractivity contribution in [3.8, 4) is 0 Å². The van der Waals surface area contributed by atoms with Gasteiger partial charge in [-0.2, -0.15) is 0 Å². The van der Waals surface area contributed by atoms with Crippen LogP contribution in [0.1, 0.15) is 92.9 Å². The Hall–Kier alpha value is -0.0800. The van der Waals surface area contributed by atoms with Gasteiger partial charge in [0.2, 0.25) is 0 Å². The highest BCUT2D eigenvalue weighted by Gasteiger charge is 2.67. The number of hydrogen-bond acceptors (Lipinski definition) is 2. The molecule has 0 aromatic rings. The zero-order valence-electron chi connectivity index (χ0n) is 17.6. The van der Waals surface area contributed by atoms with E-state index in [1.54, 1.807) is 0 Å². The predicted molar refractivity (Wildman–Crippen MR) is 104 cm³/mol. The lowest BCUT2D eigenvalue weighted by molar-refractivity contribution is -0.199. The maximum Gasteiger partial charge on any atom is 0.161 e. The molecule has 2 heteroatoms. The average Bonchev–Trinajstić information content (AvgIpc) is 3.11. The molecule has 146 valence electrons. The van der Waals surface area contributed by atoms with E-state index in [1.165, 1.54) is 32.1 Å². The van der Waals surface area contributed by atoms with Gasteiger partial charge in [-0.05, 0) is 86.4 Å². The summed E-state index contributed by atoms with van der Waals surface area (Å²) in [4.78, 5) is 0. The van der Waals surface area contributed by atoms with Crippen LogP contribution in [0.2, 0.25) is 0 Å². The van der Waals surface area contributed by atoms with Crippen LogP contribution in [0.5, 0.6) is 0 Å². The van der Waals surface area contributed by atoms with E-state index < -0.39 is 6.29 Å². The minimum Gasteiger partial charge on any atom is -0.367 e. The summed E-state index contributed by atoms with van der Waals surface area (Å²) in [5, 5.41) is 10.9. The van der Waals surface area contributed by atoms with Crippen molar-refractivity contribution in [2.75, 3.05) is 0 Å². The zero-order chi connectivity index (χ0) is 18.4. The predicted octanol–water partition coefficient (Wildman–Crippen LogP) is 6.02. The molecule has 25 heavy (non-hydrogen) atoms. The van der Waals surface area contributed by atoms with Crippen LogP contribution in [0.15, 0.2) is 0 Å². The van der Waals surface area contributed by atoms with Crippen LogP contribution < -0.4 is 0 Å². The Bertz CT molecular complexity index is 439. The average molecular weight is 351 g/mol. The Morgan fingerprint density at radius 1 is 0.880 bits per heavy atom. The Morgan fingerprint density at radius 2 is 1.40 bits per heavy atom. The van der Waals surface area contributed by atoms with Crippen LogP contribution in [0, 0.1) is 40.4 Å². The fourth-order valence-corrected chi connectivity index (χ4v) is 6.77. The fraction of sp³-hybridized carbons (Fsp3) is 1.00. The van der Waals surface area contributed by atoms with Crippen LogP contribution >= 0.6 is 0 Å². The molecular weight excluding hydrogens is 308 g/mol. The summed E-state index contributed by atoms with van der Waals surface area (Å²) < 4.78 is 6.25. The second-order valence-corrected chi connectivity index (χ2v) is 11.0. The molecule has 3 aliphatic rings. The van der Waals surface area contributed by atoms with Crippen molar-refractivity contribution in [2.24, 2.45) is 40.4 Å². The molecule has 4 atom stereocenters. The fourth-order valence-electron chi connectivity index (χ4n) is 6.77. The molecule has 0 amide bonds. The van der Waals surface area contributed by atoms with Crippen LogP contribution in [-0.2, 0) is 4.74 Å². The molecule has 0 bridgehead atoms. The van der Waals surface area contributed by atoms with Gasteiger partial charge in [0, 0.05) is 5.41 Å². The van der Waals surface area contributed by atoms with Crippen LogP contribution in [0.25, 0.3) is 0 Å². The third-order valence-electron chi connectivity index (χ3n) is 8.26. The monoisotopic (exact) mass is 350 g/mol. The Balaban J connectivity index is 1.50. The molecule has 3 aliphatic carbocycles. The number of ether oxygens (including phenoxy) is 1. The summed E-state index contributed by atoms with van der Waals surface area (Å²) in [5.74, 6) is 4.13. The summed E-state index contributed by atoms with van der Waals surface area (Å²) in [6.07, 6.45) is 9.99. The van der Waals surface area contributed by atoms with E-state index in [2.05, 4.69) is 41.5 Å². The molecule has 0 spiro atoms. The molecule has 0 aromatic heterocycles. The van der Waals surface area contributed by atoms with E-state index in [0.29, 0.717) is 5.92 Å². The molecule has 3 saturated carbocycles. The van der Waals surface area contributed by atoms with Crippen molar-refractivity contribution in [3.05, 3.63) is 0 Å². The maximum atomic E-state index is 10.9. The van der Waals surface area contributed by atoms with E-state index in [9.17, 15) is 5.11 Å². The number of hydrogen-bond donors (Lipinski definition) is 1. The smallest absolute Gasteiger partial charge is 0.161 e. The van der Waals surface area contributed by atoms with E-state index in [-0.39, 0.29) is 16.9 Å². The highest BCUT2D eigenvalue weighted by Crippen LogP contribution is 2.69. The first kappa shape index (κ1) is 19.7. The van der Waals surface area contributed by atoms with Gasteiger partial charge in [-0.15, -0.1) is 0 Å². The highest BCUT2D eigenvalue weighted by atomic mass is 16.6. The standard InChI is InChI=1S/C23H42O2/c1-15(2)23(14-22(23,5)6)21(24)25-20-9-7-18(8-10-20)19-12-16(3)11-17(4)13-19/h15-21,24H,7-14H2,1-6H3. The molecule has 1 N–H and O–H groups in total. The first-order valence-corrected chi connectivity index (χ1v) is 11.0. The maximum absolute atomic E-state index is 10.9. The molecule has 0 heterocycles. The summed E-state index contributed by atoms with van der Waals surface area (Å²) in [5.41, 5.74) is 0.185. The van der Waals surface area contributed by atoms with Crippen molar-refractivity contribution in [1.82, 2.24) is 0 Å². The minimum absolute atomic E-state index is 0.0297. The van der Waals surface area contributed by atoms with Gasteiger partial charge in [-0.1, -0.05) is 41.5 Å². The summed E-state index contributed by atoms with van der Waals surface area (Å²) in [7, 11) is 0. The molecule has 3 rings (SSSR count). The van der Waals surface area contributed by atoms with Gasteiger partial charge in [0.05, 0.1) is 6.10 Å². The van der Waals surface area contributed by atoms with Crippen LogP contribution in [0.3, 0.4) is 0 Å². The van der Waals surface area contributed by atoms with Gasteiger partial charge in [0.25, 0.3) is 0 Å². The molecule has 0 saturated heterocycles. The second-order valence-electron chi connectivity index (χ2n) is 11.0. The second kappa shape index (κ2) is 7.15. The SMILES string of the molecule is CC1CC(C)CC(C2CCC(OC(O)C3(C(C)C)CC3(C)C)CC2)C1. The third-order valence-corrected chi connectivity index (χ3v) is 8.26. The summed E-state index contributed by atoms with van der Waals surface area (Å²) in [6, 6.07) is 0. The van der Waals surface area contributed by atoms with E-state index >= 15 is 0 Å². The summed E-state index contributed by atoms with van der Waals surface area (Å²) >= 11 is 0. The molecule has 0 radical (unpaired) electrons. The van der Waals surface area contributed by atoms with Crippen LogP contribution in [0.4, 0.5) is 0 Å². The minimum atomic E-state index is -0.584. The normalized spacial score (nSPS) is 45.4. The van der Waals surface area contributed by atoms with Crippen molar-refractivity contribution >= 4 is 0 Å². The lowest BCUT2D eigenvalue weighted by Gasteiger charge is -2.41. The topological polar surface area (TPSA) is 29.5 Å². The first-order valence-electron chi connectivity index (χ1n) is 11.0. The highest BCUT2D eigenvalue weighted by molar-refractivity contribution is 5.12. The van der Waals surface area contributed by atoms with Crippen molar-refractivity contribution in [2.45, 2.75) is 105 Å². The van der Waals surface area contributed by atoms with Gasteiger partial charge >= 0.3 is 0 Å². The van der Waals surface area contributed by atoms with Gasteiger partial charge in [-0.3, -0.25) is 0 Å². The van der Waals surface area contributed by atoms with Crippen LogP contribution in [-0.4, -0.2) is 17.5 Å². The van der Waals surface area contributed by atoms with E-state index in [4.69, 9.17) is 4.74 Å². The third kappa shape index (κ3) is 3.81. The zero-order valence-corrected chi connectivity index (χ0v) is 17.6.